The van der Waals surface area contributed by atoms with Gasteiger partial charge in [0.05, 0.1) is 13.1 Å². The van der Waals surface area contributed by atoms with Crippen molar-refractivity contribution in [2.24, 2.45) is 5.92 Å². The molecule has 1 amide bonds. The van der Waals surface area contributed by atoms with Crippen molar-refractivity contribution in [3.63, 3.8) is 0 Å². The molecule has 2 unspecified atom stereocenters. The second-order valence-electron chi connectivity index (χ2n) is 8.37. The molecule has 0 bridgehead atoms. The summed E-state index contributed by atoms with van der Waals surface area (Å²) in [7, 11) is 0. The van der Waals surface area contributed by atoms with Crippen LogP contribution in [0.3, 0.4) is 0 Å². The highest BCUT2D eigenvalue weighted by molar-refractivity contribution is 7.76. The molecule has 1 aliphatic rings. The second kappa shape index (κ2) is 11.0. The predicted molar refractivity (Wildman–Crippen MR) is 123 cm³/mol. The van der Waals surface area contributed by atoms with Crippen molar-refractivity contribution in [2.75, 3.05) is 26.2 Å². The number of aromatic nitrogens is 2. The third kappa shape index (κ3) is 6.02. The predicted octanol–water partition coefficient (Wildman–Crippen LogP) is 2.41. The summed E-state index contributed by atoms with van der Waals surface area (Å²) in [5.41, 5.74) is 1.31. The van der Waals surface area contributed by atoms with Gasteiger partial charge in [-0.3, -0.25) is 13.9 Å². The normalized spacial score (nSPS) is 17.3. The molecule has 0 radical (unpaired) electrons. The second-order valence-corrected chi connectivity index (χ2v) is 9.32. The van der Waals surface area contributed by atoms with E-state index in [2.05, 4.69) is 69.8 Å². The number of fused-ring (bicyclic) bond motifs is 1. The van der Waals surface area contributed by atoms with Crippen LogP contribution in [0, 0.1) is 5.92 Å². The molecule has 1 aromatic heterocycles. The molecule has 0 spiro atoms. The van der Waals surface area contributed by atoms with Crippen molar-refractivity contribution in [1.29, 1.82) is 0 Å². The number of rotatable bonds is 9. The molecule has 1 aliphatic heterocycles. The Balaban J connectivity index is 1.30. The van der Waals surface area contributed by atoms with E-state index in [9.17, 15) is 13.6 Å². The fourth-order valence-electron chi connectivity index (χ4n) is 4.46. The lowest BCUT2D eigenvalue weighted by atomic mass is 9.93. The van der Waals surface area contributed by atoms with Crippen LogP contribution in [0.1, 0.15) is 37.3 Å². The van der Waals surface area contributed by atoms with Crippen LogP contribution >= 0.6 is 0 Å². The number of likely N-dealkylation sites (tertiary alicyclic amines) is 1. The average molecular weight is 471 g/mol. The van der Waals surface area contributed by atoms with Crippen LogP contribution < -0.4 is 5.32 Å². The zero-order valence-electron chi connectivity index (χ0n) is 18.6. The first kappa shape index (κ1) is 23.5. The van der Waals surface area contributed by atoms with Gasteiger partial charge in [-0.1, -0.05) is 42.5 Å². The highest BCUT2D eigenvalue weighted by Crippen LogP contribution is 2.31. The maximum atomic E-state index is 12.2. The Morgan fingerprint density at radius 3 is 2.76 bits per heavy atom. The van der Waals surface area contributed by atoms with Gasteiger partial charge in [-0.25, -0.2) is 4.31 Å². The minimum Gasteiger partial charge on any atom is -0.760 e. The third-order valence-corrected chi connectivity index (χ3v) is 7.00. The molecule has 1 saturated heterocycles. The van der Waals surface area contributed by atoms with Crippen molar-refractivity contribution in [1.82, 2.24) is 24.7 Å². The van der Waals surface area contributed by atoms with Crippen LogP contribution in [-0.4, -0.2) is 60.3 Å². The smallest absolute Gasteiger partial charge is 0.235 e. The Bertz CT molecular complexity index is 1080. The topological polar surface area (TPSA) is 115 Å². The van der Waals surface area contributed by atoms with Crippen LogP contribution in [0.4, 0.5) is 0 Å². The molecule has 176 valence electrons. The number of carbonyl (C=O) groups excluding carboxylic acids is 1. The van der Waals surface area contributed by atoms with Gasteiger partial charge in [-0.2, -0.15) is 0 Å². The summed E-state index contributed by atoms with van der Waals surface area (Å²) in [6.07, 6.45) is 2.94. The first-order valence-electron chi connectivity index (χ1n) is 11.1. The van der Waals surface area contributed by atoms with E-state index in [1.807, 2.05) is 0 Å². The van der Waals surface area contributed by atoms with Gasteiger partial charge in [-0.15, -0.1) is 10.2 Å². The molecule has 9 nitrogen and oxygen atoms in total. The van der Waals surface area contributed by atoms with E-state index in [1.54, 1.807) is 0 Å². The molecule has 4 rings (SSSR count). The molecular weight excluding hydrogens is 442 g/mol. The van der Waals surface area contributed by atoms with E-state index in [4.69, 9.17) is 4.42 Å². The highest BCUT2D eigenvalue weighted by Gasteiger charge is 2.26. The summed E-state index contributed by atoms with van der Waals surface area (Å²) in [6.45, 7) is 4.18. The standard InChI is InChI=1S/C23H29N5O4S/c1-17(20-8-4-6-19-5-2-3-7-21(19)20)27-11-9-18(10-12-27)14-28(33(30)31)15-22(29)24-13-23-26-25-16-32-23/h2-8,16-18H,9-15H2,1H3,(H,24,29)(H,30,31)/p-1. The minimum atomic E-state index is -2.47. The van der Waals surface area contributed by atoms with Crippen molar-refractivity contribution < 1.29 is 18.0 Å². The van der Waals surface area contributed by atoms with Gasteiger partial charge in [0.25, 0.3) is 0 Å². The van der Waals surface area contributed by atoms with Gasteiger partial charge < -0.3 is 14.3 Å². The molecule has 2 atom stereocenters. The maximum Gasteiger partial charge on any atom is 0.235 e. The van der Waals surface area contributed by atoms with Crippen LogP contribution in [0.15, 0.2) is 53.3 Å². The van der Waals surface area contributed by atoms with Crippen molar-refractivity contribution >= 4 is 27.9 Å². The summed E-state index contributed by atoms with van der Waals surface area (Å²) < 4.78 is 29.6. The van der Waals surface area contributed by atoms with Crippen molar-refractivity contribution in [3.05, 3.63) is 60.3 Å². The Labute approximate surface area is 195 Å². The van der Waals surface area contributed by atoms with Gasteiger partial charge in [0, 0.05) is 23.9 Å². The van der Waals surface area contributed by atoms with Crippen LogP contribution in [-0.2, 0) is 22.6 Å². The molecule has 2 heterocycles. The molecular formula is C23H28N5O4S-. The number of nitrogens with zero attached hydrogens (tertiary/aromatic N) is 4. The number of benzene rings is 2. The molecule has 33 heavy (non-hydrogen) atoms. The number of amides is 1. The fourth-order valence-corrected chi connectivity index (χ4v) is 5.02. The summed E-state index contributed by atoms with van der Waals surface area (Å²) in [4.78, 5) is 14.6. The van der Waals surface area contributed by atoms with Gasteiger partial charge >= 0.3 is 0 Å². The van der Waals surface area contributed by atoms with Crippen LogP contribution in [0.25, 0.3) is 10.8 Å². The molecule has 2 aromatic carbocycles. The quantitative estimate of drug-likeness (QED) is 0.478. The summed E-state index contributed by atoms with van der Waals surface area (Å²) in [6, 6.07) is 15.1. The molecule has 0 saturated carbocycles. The van der Waals surface area contributed by atoms with E-state index >= 15 is 0 Å². The van der Waals surface area contributed by atoms with Gasteiger partial charge in [0.2, 0.25) is 18.2 Å². The number of hydrogen-bond acceptors (Lipinski definition) is 7. The van der Waals surface area contributed by atoms with Gasteiger partial charge in [-0.05, 0) is 55.1 Å². The van der Waals surface area contributed by atoms with E-state index in [0.29, 0.717) is 6.54 Å². The Morgan fingerprint density at radius 1 is 1.27 bits per heavy atom. The van der Waals surface area contributed by atoms with E-state index in [0.717, 1.165) is 25.9 Å². The summed E-state index contributed by atoms with van der Waals surface area (Å²) in [5.74, 6) is 0.0767. The SMILES string of the molecule is CC(c1cccc2ccccc12)N1CCC(CN(CC(=O)NCc2nnco2)S(=O)[O-])CC1. The molecule has 10 heteroatoms. The maximum absolute atomic E-state index is 12.2. The zero-order chi connectivity index (χ0) is 23.2. The fraction of sp³-hybridized carbons (Fsp3) is 0.435. The first-order valence-corrected chi connectivity index (χ1v) is 12.1. The number of nitrogens with one attached hydrogen (secondary N) is 1. The number of carbonyl (C=O) groups is 1. The van der Waals surface area contributed by atoms with Gasteiger partial charge in [0.15, 0.2) is 0 Å². The van der Waals surface area contributed by atoms with Crippen molar-refractivity contribution in [3.8, 4) is 0 Å². The molecule has 1 fully saturated rings. The van der Waals surface area contributed by atoms with Crippen LogP contribution in [0.2, 0.25) is 0 Å². The van der Waals surface area contributed by atoms with Crippen LogP contribution in [0.5, 0.6) is 0 Å². The first-order chi connectivity index (χ1) is 16.0. The highest BCUT2D eigenvalue weighted by atomic mass is 32.2. The third-order valence-electron chi connectivity index (χ3n) is 6.30. The van der Waals surface area contributed by atoms with E-state index in [-0.39, 0.29) is 30.9 Å². The molecule has 0 aliphatic carbocycles. The van der Waals surface area contributed by atoms with E-state index in [1.165, 1.54) is 27.0 Å². The lowest BCUT2D eigenvalue weighted by Crippen LogP contribution is -2.43. The minimum absolute atomic E-state index is 0.0720. The largest absolute Gasteiger partial charge is 0.760 e. The molecule has 3 aromatic rings. The lowest BCUT2D eigenvalue weighted by Gasteiger charge is -2.38. The Morgan fingerprint density at radius 2 is 2.03 bits per heavy atom. The summed E-state index contributed by atoms with van der Waals surface area (Å²) in [5, 5.41) is 12.3. The zero-order valence-corrected chi connectivity index (χ0v) is 19.4. The van der Waals surface area contributed by atoms with Crippen molar-refractivity contribution in [2.45, 2.75) is 32.4 Å². The monoisotopic (exact) mass is 470 g/mol. The lowest BCUT2D eigenvalue weighted by molar-refractivity contribution is -0.121. The molecule has 1 N–H and O–H groups in total. The Hall–Kier alpha value is -2.66. The number of piperidine rings is 1. The summed E-state index contributed by atoms with van der Waals surface area (Å²) >= 11 is -2.47. The van der Waals surface area contributed by atoms with E-state index < -0.39 is 17.2 Å². The number of hydrogen-bond donors (Lipinski definition) is 1. The Kier molecular flexibility index (Phi) is 7.81. The average Bonchev–Trinajstić information content (AvgIpc) is 3.36. The van der Waals surface area contributed by atoms with Gasteiger partial charge in [0.1, 0.15) is 0 Å².